The fourth-order valence-corrected chi connectivity index (χ4v) is 1.70. The Hall–Kier alpha value is -2.18. The summed E-state index contributed by atoms with van der Waals surface area (Å²) < 4.78 is 41.9. The Morgan fingerprint density at radius 3 is 2.10 bits per heavy atom. The minimum Gasteiger partial charge on any atom is -0.468 e. The van der Waals surface area contributed by atoms with Crippen molar-refractivity contribution < 1.29 is 27.5 Å². The topological polar surface area (TPSA) is 55.7 Å². The molecule has 0 N–H and O–H groups in total. The van der Waals surface area contributed by atoms with Crippen molar-refractivity contribution in [2.45, 2.75) is 13.1 Å². The number of carbonyl (C=O) groups excluding carboxylic acids is 2. The second-order valence-electron chi connectivity index (χ2n) is 4.26. The van der Waals surface area contributed by atoms with E-state index in [1.54, 1.807) is 0 Å². The van der Waals surface area contributed by atoms with Crippen LogP contribution in [0.1, 0.15) is 22.8 Å². The van der Waals surface area contributed by atoms with Crippen molar-refractivity contribution in [3.63, 3.8) is 0 Å². The number of ketones is 1. The van der Waals surface area contributed by atoms with Gasteiger partial charge in [-0.2, -0.15) is 13.2 Å². The summed E-state index contributed by atoms with van der Waals surface area (Å²) in [5.74, 6) is -2.71. The number of halogens is 3. The van der Waals surface area contributed by atoms with E-state index in [2.05, 4.69) is 9.73 Å². The summed E-state index contributed by atoms with van der Waals surface area (Å²) in [5, 5.41) is 0. The molecule has 0 aliphatic heterocycles. The highest BCUT2D eigenvalue weighted by Gasteiger charge is 2.33. The van der Waals surface area contributed by atoms with Crippen molar-refractivity contribution in [1.82, 2.24) is 0 Å². The second-order valence-corrected chi connectivity index (χ2v) is 4.26. The molecule has 1 rings (SSSR count). The average molecular weight is 301 g/mol. The van der Waals surface area contributed by atoms with E-state index in [1.165, 1.54) is 14.0 Å². The maximum Gasteiger partial charge on any atom is 0.416 e. The number of aliphatic imine (C=N–C) groups is 1. The van der Waals surface area contributed by atoms with Crippen LogP contribution in [-0.4, -0.2) is 31.6 Å². The molecule has 1 aromatic rings. The third-order valence-corrected chi connectivity index (χ3v) is 2.97. The first-order valence-electron chi connectivity index (χ1n) is 5.95. The zero-order valence-corrected chi connectivity index (χ0v) is 11.7. The van der Waals surface area contributed by atoms with Gasteiger partial charge in [0, 0.05) is 18.3 Å². The lowest BCUT2D eigenvalue weighted by atomic mass is 9.93. The molecule has 0 saturated heterocycles. The number of nitrogens with zero attached hydrogens (tertiary/aromatic N) is 1. The van der Waals surface area contributed by atoms with Gasteiger partial charge in [0.05, 0.1) is 12.7 Å². The van der Waals surface area contributed by atoms with Gasteiger partial charge in [0.15, 0.2) is 11.7 Å². The van der Waals surface area contributed by atoms with Crippen LogP contribution in [0.5, 0.6) is 0 Å². The number of rotatable bonds is 4. The first kappa shape index (κ1) is 16.9. The maximum absolute atomic E-state index is 12.5. The summed E-state index contributed by atoms with van der Waals surface area (Å²) in [4.78, 5) is 27.7. The Balaban J connectivity index is 3.13. The number of carbonyl (C=O) groups is 2. The predicted octanol–water partition coefficient (Wildman–Crippen LogP) is 2.77. The molecule has 0 bridgehead atoms. The molecule has 0 aliphatic carbocycles. The quantitative estimate of drug-likeness (QED) is 0.372. The minimum absolute atomic E-state index is 0.0126. The van der Waals surface area contributed by atoms with Crippen molar-refractivity contribution in [2.75, 3.05) is 14.2 Å². The Kier molecular flexibility index (Phi) is 5.23. The predicted molar refractivity (Wildman–Crippen MR) is 70.3 cm³/mol. The van der Waals surface area contributed by atoms with Crippen LogP contribution in [0.15, 0.2) is 29.3 Å². The minimum atomic E-state index is -4.48. The molecule has 0 aromatic heterocycles. The van der Waals surface area contributed by atoms with Crippen molar-refractivity contribution in [3.8, 4) is 0 Å². The lowest BCUT2D eigenvalue weighted by molar-refractivity contribution is -0.141. The van der Waals surface area contributed by atoms with Crippen LogP contribution >= 0.6 is 0 Å². The van der Waals surface area contributed by atoms with Gasteiger partial charge in [0.25, 0.3) is 0 Å². The van der Waals surface area contributed by atoms with Crippen molar-refractivity contribution >= 4 is 17.5 Å². The highest BCUT2D eigenvalue weighted by atomic mass is 19.4. The molecular weight excluding hydrogens is 287 g/mol. The van der Waals surface area contributed by atoms with E-state index >= 15 is 0 Å². The third-order valence-electron chi connectivity index (χ3n) is 2.97. The Bertz CT molecular complexity index is 562. The van der Waals surface area contributed by atoms with Gasteiger partial charge >= 0.3 is 12.1 Å². The summed E-state index contributed by atoms with van der Waals surface area (Å²) in [5.41, 5.74) is -0.650. The number of hydrogen-bond donors (Lipinski definition) is 0. The van der Waals surface area contributed by atoms with E-state index in [4.69, 9.17) is 0 Å². The standard InChI is InChI=1S/C14H14F3NO3/c1-8(18-2)11(13(20)21-3)12(19)9-4-6-10(7-5-9)14(15,16)17/h4-7,11H,1-3H3. The van der Waals surface area contributed by atoms with Crippen LogP contribution in [0.4, 0.5) is 13.2 Å². The highest BCUT2D eigenvalue weighted by Crippen LogP contribution is 2.29. The van der Waals surface area contributed by atoms with Gasteiger partial charge in [-0.15, -0.1) is 0 Å². The molecule has 7 heteroatoms. The van der Waals surface area contributed by atoms with Gasteiger partial charge in [-0.1, -0.05) is 12.1 Å². The summed E-state index contributed by atoms with van der Waals surface area (Å²) in [6.07, 6.45) is -4.48. The lowest BCUT2D eigenvalue weighted by Gasteiger charge is -2.14. The molecule has 0 heterocycles. The number of esters is 1. The first-order valence-corrected chi connectivity index (χ1v) is 5.95. The molecule has 1 unspecified atom stereocenters. The van der Waals surface area contributed by atoms with Gasteiger partial charge in [-0.25, -0.2) is 0 Å². The maximum atomic E-state index is 12.5. The number of methoxy groups -OCH3 is 1. The molecule has 1 atom stereocenters. The van der Waals surface area contributed by atoms with Gasteiger partial charge in [0.1, 0.15) is 0 Å². The molecule has 0 saturated carbocycles. The largest absolute Gasteiger partial charge is 0.468 e. The van der Waals surface area contributed by atoms with Crippen molar-refractivity contribution in [1.29, 1.82) is 0 Å². The fourth-order valence-electron chi connectivity index (χ4n) is 1.70. The third kappa shape index (κ3) is 3.90. The van der Waals surface area contributed by atoms with E-state index in [9.17, 15) is 22.8 Å². The molecule has 4 nitrogen and oxygen atoms in total. The Morgan fingerprint density at radius 1 is 1.19 bits per heavy atom. The van der Waals surface area contributed by atoms with Crippen LogP contribution < -0.4 is 0 Å². The molecule has 0 aliphatic rings. The van der Waals surface area contributed by atoms with Crippen molar-refractivity contribution in [2.24, 2.45) is 10.9 Å². The van der Waals surface area contributed by atoms with Crippen LogP contribution in [0.2, 0.25) is 0 Å². The van der Waals surface area contributed by atoms with Crippen LogP contribution in [-0.2, 0) is 15.7 Å². The molecule has 21 heavy (non-hydrogen) atoms. The second kappa shape index (κ2) is 6.51. The summed E-state index contributed by atoms with van der Waals surface area (Å²) in [6, 6.07) is 3.65. The lowest BCUT2D eigenvalue weighted by Crippen LogP contribution is -2.31. The van der Waals surface area contributed by atoms with Gasteiger partial charge in [-0.3, -0.25) is 14.6 Å². The highest BCUT2D eigenvalue weighted by molar-refractivity contribution is 6.23. The van der Waals surface area contributed by atoms with Gasteiger partial charge < -0.3 is 4.74 Å². The summed E-state index contributed by atoms with van der Waals surface area (Å²) in [6.45, 7) is 1.48. The number of benzene rings is 1. The van der Waals surface area contributed by atoms with Gasteiger partial charge in [-0.05, 0) is 19.1 Å². The van der Waals surface area contributed by atoms with E-state index in [1.807, 2.05) is 0 Å². The monoisotopic (exact) mass is 301 g/mol. The average Bonchev–Trinajstić information content (AvgIpc) is 2.46. The Labute approximate surface area is 119 Å². The molecule has 0 amide bonds. The number of Topliss-reactive ketones (excluding diaryl/α,β-unsaturated/α-hetero) is 1. The molecular formula is C14H14F3NO3. The first-order chi connectivity index (χ1) is 9.72. The van der Waals surface area contributed by atoms with E-state index in [0.717, 1.165) is 31.4 Å². The summed E-state index contributed by atoms with van der Waals surface area (Å²) in [7, 11) is 2.53. The fraction of sp³-hybridized carbons (Fsp3) is 0.357. The molecule has 1 aromatic carbocycles. The zero-order valence-electron chi connectivity index (χ0n) is 11.7. The smallest absolute Gasteiger partial charge is 0.416 e. The zero-order chi connectivity index (χ0) is 16.2. The SMILES string of the molecule is CN=C(C)C(C(=O)OC)C(=O)c1ccc(C(F)(F)F)cc1. The van der Waals surface area contributed by atoms with Crippen molar-refractivity contribution in [3.05, 3.63) is 35.4 Å². The van der Waals surface area contributed by atoms with E-state index in [0.29, 0.717) is 0 Å². The molecule has 0 radical (unpaired) electrons. The number of alkyl halides is 3. The van der Waals surface area contributed by atoms with Crippen LogP contribution in [0.25, 0.3) is 0 Å². The molecule has 0 spiro atoms. The number of ether oxygens (including phenoxy) is 1. The number of hydrogen-bond acceptors (Lipinski definition) is 4. The van der Waals surface area contributed by atoms with E-state index in [-0.39, 0.29) is 11.3 Å². The van der Waals surface area contributed by atoms with E-state index < -0.39 is 29.4 Å². The summed E-state index contributed by atoms with van der Waals surface area (Å²) >= 11 is 0. The van der Waals surface area contributed by atoms with Crippen LogP contribution in [0, 0.1) is 5.92 Å². The normalized spacial score (nSPS) is 13.7. The Morgan fingerprint density at radius 2 is 1.71 bits per heavy atom. The molecule has 0 fully saturated rings. The van der Waals surface area contributed by atoms with Crippen LogP contribution in [0.3, 0.4) is 0 Å². The van der Waals surface area contributed by atoms with Gasteiger partial charge in [0.2, 0.25) is 0 Å². The molecule has 114 valence electrons.